The fourth-order valence-electron chi connectivity index (χ4n) is 1.50. The van der Waals surface area contributed by atoms with Gasteiger partial charge in [-0.15, -0.1) is 0 Å². The summed E-state index contributed by atoms with van der Waals surface area (Å²) >= 11 is 0. The van der Waals surface area contributed by atoms with Crippen LogP contribution in [-0.2, 0) is 11.3 Å². The first-order valence-corrected chi connectivity index (χ1v) is 5.34. The third-order valence-corrected chi connectivity index (χ3v) is 2.22. The third-order valence-electron chi connectivity index (χ3n) is 2.22. The van der Waals surface area contributed by atoms with Crippen LogP contribution in [0.1, 0.15) is 5.56 Å². The molecule has 1 amide bonds. The monoisotopic (exact) mass is 258 g/mol. The average molecular weight is 258 g/mol. The van der Waals surface area contributed by atoms with Crippen LogP contribution in [0.15, 0.2) is 18.2 Å². The van der Waals surface area contributed by atoms with Crippen molar-refractivity contribution in [3.05, 3.63) is 23.8 Å². The van der Waals surface area contributed by atoms with Crippen molar-refractivity contribution in [1.29, 1.82) is 0 Å². The fraction of sp³-hybridized carbons (Fsp3) is 0.417. The molecule has 0 unspecified atom stereocenters. The molecule has 0 radical (unpaired) electrons. The first-order chi connectivity index (χ1) is 8.43. The van der Waals surface area contributed by atoms with Crippen LogP contribution < -0.4 is 10.1 Å². The van der Waals surface area contributed by atoms with Crippen LogP contribution in [0.3, 0.4) is 0 Å². The van der Waals surface area contributed by atoms with Gasteiger partial charge in [0.05, 0.1) is 12.8 Å². The highest BCUT2D eigenvalue weighted by Gasteiger charge is 2.17. The number of carbonyl (C=O) groups is 1. The number of alkyl halides is 2. The highest BCUT2D eigenvalue weighted by molar-refractivity contribution is 5.94. The predicted octanol–water partition coefficient (Wildman–Crippen LogP) is 1.96. The number of anilines is 1. The molecule has 0 spiro atoms. The largest absolute Gasteiger partial charge is 0.495 e. The molecule has 1 aromatic carbocycles. The molecule has 0 atom stereocenters. The van der Waals surface area contributed by atoms with Crippen LogP contribution in [0.5, 0.6) is 5.75 Å². The number of methoxy groups -OCH3 is 1. The summed E-state index contributed by atoms with van der Waals surface area (Å²) in [7, 11) is 5.20. The van der Waals surface area contributed by atoms with E-state index in [1.807, 2.05) is 25.1 Å². The topological polar surface area (TPSA) is 41.6 Å². The molecule has 4 nitrogen and oxygen atoms in total. The van der Waals surface area contributed by atoms with Gasteiger partial charge in [0.2, 0.25) is 0 Å². The molecule has 1 rings (SSSR count). The SMILES string of the molecule is COc1ccc(CN(C)C)cc1NC(=O)C(F)F. The normalized spacial score (nSPS) is 10.8. The van der Waals surface area contributed by atoms with Crippen molar-refractivity contribution >= 4 is 11.6 Å². The molecular weight excluding hydrogens is 242 g/mol. The van der Waals surface area contributed by atoms with E-state index < -0.39 is 12.3 Å². The molecule has 0 bridgehead atoms. The zero-order valence-corrected chi connectivity index (χ0v) is 10.5. The lowest BCUT2D eigenvalue weighted by molar-refractivity contribution is -0.126. The molecule has 100 valence electrons. The number of hydrogen-bond acceptors (Lipinski definition) is 3. The van der Waals surface area contributed by atoms with Gasteiger partial charge in [0, 0.05) is 6.54 Å². The van der Waals surface area contributed by atoms with Gasteiger partial charge >= 0.3 is 6.43 Å². The number of carbonyl (C=O) groups excluding carboxylic acids is 1. The minimum atomic E-state index is -3.05. The Labute approximate surface area is 105 Å². The summed E-state index contributed by atoms with van der Waals surface area (Å²) < 4.78 is 29.4. The van der Waals surface area contributed by atoms with Crippen LogP contribution in [0.2, 0.25) is 0 Å². The summed E-state index contributed by atoms with van der Waals surface area (Å²) in [5.41, 5.74) is 1.15. The number of benzene rings is 1. The Kier molecular flexibility index (Phi) is 5.03. The number of ether oxygens (including phenoxy) is 1. The van der Waals surface area contributed by atoms with Gasteiger partial charge in [0.25, 0.3) is 5.91 Å². The smallest absolute Gasteiger partial charge is 0.315 e. The third kappa shape index (κ3) is 3.96. The van der Waals surface area contributed by atoms with E-state index in [0.29, 0.717) is 12.3 Å². The number of halogens is 2. The second-order valence-corrected chi connectivity index (χ2v) is 4.06. The van der Waals surface area contributed by atoms with Gasteiger partial charge in [0.1, 0.15) is 5.75 Å². The van der Waals surface area contributed by atoms with Crippen molar-refractivity contribution in [3.63, 3.8) is 0 Å². The van der Waals surface area contributed by atoms with Crippen LogP contribution in [0, 0.1) is 0 Å². The van der Waals surface area contributed by atoms with Crippen LogP contribution in [0.4, 0.5) is 14.5 Å². The van der Waals surface area contributed by atoms with Crippen molar-refractivity contribution < 1.29 is 18.3 Å². The minimum absolute atomic E-state index is 0.252. The average Bonchev–Trinajstić information content (AvgIpc) is 2.28. The quantitative estimate of drug-likeness (QED) is 0.877. The van der Waals surface area contributed by atoms with E-state index in [4.69, 9.17) is 4.74 Å². The van der Waals surface area contributed by atoms with E-state index in [-0.39, 0.29) is 5.69 Å². The van der Waals surface area contributed by atoms with Gasteiger partial charge in [-0.2, -0.15) is 8.78 Å². The lowest BCUT2D eigenvalue weighted by Crippen LogP contribution is -2.20. The van der Waals surface area contributed by atoms with E-state index in [0.717, 1.165) is 5.56 Å². The summed E-state index contributed by atoms with van der Waals surface area (Å²) in [6.07, 6.45) is -3.05. The highest BCUT2D eigenvalue weighted by Crippen LogP contribution is 2.26. The summed E-state index contributed by atoms with van der Waals surface area (Å²) in [5, 5.41) is 2.14. The maximum atomic E-state index is 12.2. The van der Waals surface area contributed by atoms with Gasteiger partial charge in [-0.3, -0.25) is 4.79 Å². The first kappa shape index (κ1) is 14.4. The van der Waals surface area contributed by atoms with E-state index in [1.54, 1.807) is 12.1 Å². The molecule has 0 fully saturated rings. The Balaban J connectivity index is 2.95. The maximum absolute atomic E-state index is 12.2. The van der Waals surface area contributed by atoms with Gasteiger partial charge in [-0.25, -0.2) is 0 Å². The Morgan fingerprint density at radius 3 is 2.61 bits per heavy atom. The Morgan fingerprint density at radius 1 is 1.44 bits per heavy atom. The van der Waals surface area contributed by atoms with Crippen molar-refractivity contribution in [1.82, 2.24) is 4.90 Å². The summed E-state index contributed by atoms with van der Waals surface area (Å²) in [6, 6.07) is 5.08. The lowest BCUT2D eigenvalue weighted by atomic mass is 10.1. The summed E-state index contributed by atoms with van der Waals surface area (Å²) in [5.74, 6) is -0.984. The second kappa shape index (κ2) is 6.30. The van der Waals surface area contributed by atoms with Crippen molar-refractivity contribution in [3.8, 4) is 5.75 Å². The summed E-state index contributed by atoms with van der Waals surface area (Å²) in [6.45, 7) is 0.640. The molecule has 0 aliphatic carbocycles. The van der Waals surface area contributed by atoms with E-state index in [9.17, 15) is 13.6 Å². The standard InChI is InChI=1S/C12H16F2N2O2/c1-16(2)7-8-4-5-10(18-3)9(6-8)15-12(17)11(13)14/h4-6,11H,7H2,1-3H3,(H,15,17). The fourth-order valence-corrected chi connectivity index (χ4v) is 1.50. The number of rotatable bonds is 5. The highest BCUT2D eigenvalue weighted by atomic mass is 19.3. The van der Waals surface area contributed by atoms with E-state index in [1.165, 1.54) is 7.11 Å². The molecule has 18 heavy (non-hydrogen) atoms. The Hall–Kier alpha value is -1.69. The zero-order chi connectivity index (χ0) is 13.7. The van der Waals surface area contributed by atoms with Gasteiger partial charge in [0.15, 0.2) is 0 Å². The van der Waals surface area contributed by atoms with Gasteiger partial charge < -0.3 is 15.0 Å². The van der Waals surface area contributed by atoms with Crippen molar-refractivity contribution in [2.24, 2.45) is 0 Å². The predicted molar refractivity (Wildman–Crippen MR) is 65.0 cm³/mol. The van der Waals surface area contributed by atoms with Crippen molar-refractivity contribution in [2.75, 3.05) is 26.5 Å². The maximum Gasteiger partial charge on any atom is 0.315 e. The minimum Gasteiger partial charge on any atom is -0.495 e. The molecule has 1 N–H and O–H groups in total. The Bertz CT molecular complexity index is 423. The number of amides is 1. The molecular formula is C12H16F2N2O2. The van der Waals surface area contributed by atoms with Gasteiger partial charge in [-0.05, 0) is 31.8 Å². The molecule has 0 saturated carbocycles. The van der Waals surface area contributed by atoms with Crippen LogP contribution in [0.25, 0.3) is 0 Å². The summed E-state index contributed by atoms with van der Waals surface area (Å²) in [4.78, 5) is 12.9. The van der Waals surface area contributed by atoms with E-state index in [2.05, 4.69) is 5.32 Å². The molecule has 0 saturated heterocycles. The Morgan fingerprint density at radius 2 is 2.11 bits per heavy atom. The first-order valence-electron chi connectivity index (χ1n) is 5.34. The number of hydrogen-bond donors (Lipinski definition) is 1. The zero-order valence-electron chi connectivity index (χ0n) is 10.5. The lowest BCUT2D eigenvalue weighted by Gasteiger charge is -2.14. The molecule has 0 heterocycles. The van der Waals surface area contributed by atoms with Crippen LogP contribution in [-0.4, -0.2) is 38.4 Å². The number of nitrogens with zero attached hydrogens (tertiary/aromatic N) is 1. The van der Waals surface area contributed by atoms with E-state index >= 15 is 0 Å². The molecule has 1 aromatic rings. The number of nitrogens with one attached hydrogen (secondary N) is 1. The molecule has 0 aromatic heterocycles. The molecule has 0 aliphatic heterocycles. The van der Waals surface area contributed by atoms with Crippen LogP contribution >= 0.6 is 0 Å². The molecule has 6 heteroatoms. The van der Waals surface area contributed by atoms with Crippen molar-refractivity contribution in [2.45, 2.75) is 13.0 Å². The van der Waals surface area contributed by atoms with Gasteiger partial charge in [-0.1, -0.05) is 6.07 Å². The second-order valence-electron chi connectivity index (χ2n) is 4.06. The molecule has 0 aliphatic rings.